The molecule has 224 valence electrons. The molecule has 1 unspecified atom stereocenters. The van der Waals surface area contributed by atoms with Gasteiger partial charge in [0.25, 0.3) is 0 Å². The van der Waals surface area contributed by atoms with E-state index in [2.05, 4.69) is 4.74 Å². The van der Waals surface area contributed by atoms with Crippen LogP contribution in [0.4, 0.5) is 49.6 Å². The Morgan fingerprint density at radius 1 is 0.756 bits per heavy atom. The highest BCUT2D eigenvalue weighted by Crippen LogP contribution is 2.31. The Hall–Kier alpha value is -3.68. The van der Waals surface area contributed by atoms with Crippen molar-refractivity contribution in [3.63, 3.8) is 0 Å². The van der Waals surface area contributed by atoms with Crippen LogP contribution in [0.3, 0.4) is 0 Å². The number of halogens is 10. The van der Waals surface area contributed by atoms with Gasteiger partial charge >= 0.3 is 24.9 Å². The lowest BCUT2D eigenvalue weighted by Crippen LogP contribution is -2.40. The zero-order chi connectivity index (χ0) is 30.4. The Morgan fingerprint density at radius 3 is 2.05 bits per heavy atom. The van der Waals surface area contributed by atoms with Crippen molar-refractivity contribution in [2.45, 2.75) is 44.0 Å². The van der Waals surface area contributed by atoms with Gasteiger partial charge in [-0.1, -0.05) is 36.4 Å². The van der Waals surface area contributed by atoms with Gasteiger partial charge in [0.2, 0.25) is 0 Å². The second kappa shape index (κ2) is 12.9. The number of nitrogens with zero attached hydrogens (tertiary/aromatic N) is 1. The van der Waals surface area contributed by atoms with Crippen LogP contribution in [-0.2, 0) is 19.1 Å². The minimum atomic E-state index is -5.00. The van der Waals surface area contributed by atoms with Crippen LogP contribution >= 0.6 is 0 Å². The molecule has 0 saturated heterocycles. The van der Waals surface area contributed by atoms with Crippen molar-refractivity contribution in [3.8, 4) is 11.5 Å². The molecule has 3 rings (SSSR count). The summed E-state index contributed by atoms with van der Waals surface area (Å²) in [6.45, 7) is -1.46. The number of aliphatic hydroxyl groups is 1. The summed E-state index contributed by atoms with van der Waals surface area (Å²) in [7, 11) is 0. The number of aliphatic hydroxyl groups excluding tert-OH is 1. The molecule has 0 aliphatic carbocycles. The van der Waals surface area contributed by atoms with E-state index in [-0.39, 0.29) is 30.0 Å². The fraction of sp³-hybridized carbons (Fsp3) is 0.333. The maximum Gasteiger partial charge on any atom is 0.461 e. The molecule has 0 radical (unpaired) electrons. The zero-order valence-corrected chi connectivity index (χ0v) is 20.9. The number of hydrogen-bond acceptors (Lipinski definition) is 4. The van der Waals surface area contributed by atoms with E-state index in [0.717, 1.165) is 29.2 Å². The Labute approximate surface area is 227 Å². The first kappa shape index (κ1) is 31.8. The largest absolute Gasteiger partial charge is 0.493 e. The normalized spacial score (nSPS) is 13.3. The minimum absolute atomic E-state index is 0.0757. The lowest BCUT2D eigenvalue weighted by atomic mass is 10.1. The van der Waals surface area contributed by atoms with Crippen LogP contribution in [0.2, 0.25) is 0 Å². The second-order valence-electron chi connectivity index (χ2n) is 8.84. The third-order valence-corrected chi connectivity index (χ3v) is 5.65. The number of alkyl halides is 10. The van der Waals surface area contributed by atoms with Gasteiger partial charge in [0.15, 0.2) is 6.10 Å². The fourth-order valence-electron chi connectivity index (χ4n) is 3.66. The molecule has 0 aromatic heterocycles. The van der Waals surface area contributed by atoms with E-state index in [1.165, 1.54) is 48.5 Å². The van der Waals surface area contributed by atoms with Gasteiger partial charge in [-0.2, -0.15) is 43.9 Å². The molecule has 0 spiro atoms. The van der Waals surface area contributed by atoms with Gasteiger partial charge in [0.05, 0.1) is 18.7 Å². The summed E-state index contributed by atoms with van der Waals surface area (Å²) in [5, 5.41) is 9.70. The lowest BCUT2D eigenvalue weighted by Gasteiger charge is -2.29. The predicted octanol–water partition coefficient (Wildman–Crippen LogP) is 7.49. The number of hydrogen-bond donors (Lipinski definition) is 1. The number of benzene rings is 3. The van der Waals surface area contributed by atoms with Gasteiger partial charge in [-0.25, -0.2) is 0 Å². The summed E-state index contributed by atoms with van der Waals surface area (Å²) in [5.74, 6) is -0.509. The summed E-state index contributed by atoms with van der Waals surface area (Å²) < 4.78 is 139. The van der Waals surface area contributed by atoms with Crippen molar-refractivity contribution in [1.29, 1.82) is 0 Å². The van der Waals surface area contributed by atoms with Crippen molar-refractivity contribution in [2.75, 3.05) is 18.1 Å². The first-order chi connectivity index (χ1) is 19.0. The van der Waals surface area contributed by atoms with E-state index in [1.54, 1.807) is 0 Å². The van der Waals surface area contributed by atoms with Crippen LogP contribution in [0.1, 0.15) is 16.7 Å². The number of rotatable bonds is 12. The van der Waals surface area contributed by atoms with E-state index in [9.17, 15) is 49.0 Å². The molecule has 0 saturated carbocycles. The van der Waals surface area contributed by atoms with Crippen molar-refractivity contribution in [1.82, 2.24) is 0 Å². The summed E-state index contributed by atoms with van der Waals surface area (Å²) in [4.78, 5) is 1.06. The molecule has 3 aromatic rings. The molecular formula is C27H23F10NO3. The summed E-state index contributed by atoms with van der Waals surface area (Å²) in [6, 6.07) is 14.6. The van der Waals surface area contributed by atoms with Gasteiger partial charge in [-0.15, -0.1) is 0 Å². The van der Waals surface area contributed by atoms with Crippen LogP contribution in [0.5, 0.6) is 11.5 Å². The highest BCUT2D eigenvalue weighted by Gasteiger charge is 2.44. The van der Waals surface area contributed by atoms with Crippen molar-refractivity contribution >= 4 is 5.69 Å². The average molecular weight is 599 g/mol. The third kappa shape index (κ3) is 9.44. The van der Waals surface area contributed by atoms with Gasteiger partial charge in [0, 0.05) is 24.7 Å². The Kier molecular flexibility index (Phi) is 10.0. The molecule has 41 heavy (non-hydrogen) atoms. The Balaban J connectivity index is 1.78. The maximum absolute atomic E-state index is 13.3. The highest BCUT2D eigenvalue weighted by atomic mass is 19.4. The first-order valence-corrected chi connectivity index (χ1v) is 11.9. The lowest BCUT2D eigenvalue weighted by molar-refractivity contribution is -0.253. The topological polar surface area (TPSA) is 41.9 Å². The van der Waals surface area contributed by atoms with Gasteiger partial charge in [0.1, 0.15) is 11.5 Å². The van der Waals surface area contributed by atoms with Crippen LogP contribution < -0.4 is 14.4 Å². The van der Waals surface area contributed by atoms with Crippen molar-refractivity contribution in [3.05, 3.63) is 89.5 Å². The standard InChI is InChI=1S/C27H23F10NO3/c28-24(29)27(36,37)41-22-9-2-5-18(13-22)15-38(16-23(39)26(33,34)35)20-7-3-8-21(14-20)40-11-10-17-4-1-6-19(12-17)25(30,31)32/h1-9,12-14,23-24,39H,10-11,15-16H2. The van der Waals surface area contributed by atoms with Crippen molar-refractivity contribution in [2.24, 2.45) is 0 Å². The summed E-state index contributed by atoms with van der Waals surface area (Å²) in [6.07, 6.45) is -21.2. The molecular weight excluding hydrogens is 576 g/mol. The number of anilines is 1. The van der Waals surface area contributed by atoms with Gasteiger partial charge < -0.3 is 19.5 Å². The molecule has 0 bridgehead atoms. The maximum atomic E-state index is 13.3. The SMILES string of the molecule is OC(CN(Cc1cccc(OC(F)(F)C(F)F)c1)c1cccc(OCCc2cccc(C(F)(F)F)c2)c1)C(F)(F)F. The molecule has 0 aliphatic heterocycles. The minimum Gasteiger partial charge on any atom is -0.493 e. The number of ether oxygens (including phenoxy) is 2. The average Bonchev–Trinajstić information content (AvgIpc) is 2.87. The van der Waals surface area contributed by atoms with E-state index in [0.29, 0.717) is 5.56 Å². The van der Waals surface area contributed by atoms with Crippen LogP contribution in [0, 0.1) is 0 Å². The van der Waals surface area contributed by atoms with E-state index < -0.39 is 55.4 Å². The first-order valence-electron chi connectivity index (χ1n) is 11.9. The Bertz CT molecular complexity index is 1280. The molecule has 0 heterocycles. The van der Waals surface area contributed by atoms with Crippen LogP contribution in [0.15, 0.2) is 72.8 Å². The predicted molar refractivity (Wildman–Crippen MR) is 128 cm³/mol. The monoisotopic (exact) mass is 599 g/mol. The van der Waals surface area contributed by atoms with Crippen molar-refractivity contribution < 1.29 is 58.5 Å². The third-order valence-electron chi connectivity index (χ3n) is 5.65. The molecule has 0 amide bonds. The van der Waals surface area contributed by atoms with Gasteiger partial charge in [-0.05, 0) is 41.5 Å². The second-order valence-corrected chi connectivity index (χ2v) is 8.84. The van der Waals surface area contributed by atoms with Gasteiger partial charge in [-0.3, -0.25) is 0 Å². The molecule has 3 aromatic carbocycles. The molecule has 14 heteroatoms. The Morgan fingerprint density at radius 2 is 1.39 bits per heavy atom. The highest BCUT2D eigenvalue weighted by molar-refractivity contribution is 5.51. The van der Waals surface area contributed by atoms with E-state index in [4.69, 9.17) is 4.74 Å². The fourth-order valence-corrected chi connectivity index (χ4v) is 3.66. The van der Waals surface area contributed by atoms with E-state index >= 15 is 0 Å². The summed E-state index contributed by atoms with van der Waals surface area (Å²) in [5.41, 5.74) is -0.291. The summed E-state index contributed by atoms with van der Waals surface area (Å²) >= 11 is 0. The molecule has 0 fully saturated rings. The quantitative estimate of drug-likeness (QED) is 0.219. The molecule has 0 aliphatic rings. The van der Waals surface area contributed by atoms with Crippen LogP contribution in [-0.4, -0.2) is 43.1 Å². The molecule has 1 N–H and O–H groups in total. The van der Waals surface area contributed by atoms with Crippen LogP contribution in [0.25, 0.3) is 0 Å². The zero-order valence-electron chi connectivity index (χ0n) is 20.9. The molecule has 1 atom stereocenters. The smallest absolute Gasteiger partial charge is 0.461 e. The van der Waals surface area contributed by atoms with E-state index in [1.807, 2.05) is 0 Å². The molecule has 4 nitrogen and oxygen atoms in total.